The van der Waals surface area contributed by atoms with E-state index in [-0.39, 0.29) is 0 Å². The van der Waals surface area contributed by atoms with Crippen LogP contribution in [0.15, 0.2) is 30.3 Å². The van der Waals surface area contributed by atoms with E-state index in [0.29, 0.717) is 5.56 Å². The normalized spacial score (nSPS) is 14.0. The van der Waals surface area contributed by atoms with Gasteiger partial charge in [-0.2, -0.15) is 13.2 Å². The van der Waals surface area contributed by atoms with Crippen LogP contribution in [0.5, 0.6) is 0 Å². The van der Waals surface area contributed by atoms with Gasteiger partial charge in [0.2, 0.25) is 0 Å². The molecule has 1 aromatic rings. The maximum Gasteiger partial charge on any atom is 0.389 e. The molecule has 0 amide bonds. The van der Waals surface area contributed by atoms with Gasteiger partial charge in [0.15, 0.2) is 0 Å². The molecule has 0 bridgehead atoms. The van der Waals surface area contributed by atoms with Crippen LogP contribution in [-0.4, -0.2) is 17.9 Å². The third kappa shape index (κ3) is 3.38. The zero-order chi connectivity index (χ0) is 10.6. The summed E-state index contributed by atoms with van der Waals surface area (Å²) in [5, 5.41) is 8.84. The first-order chi connectivity index (χ1) is 6.53. The highest BCUT2D eigenvalue weighted by Gasteiger charge is 2.32. The van der Waals surface area contributed by atoms with Crippen molar-refractivity contribution in [2.45, 2.75) is 18.5 Å². The van der Waals surface area contributed by atoms with Crippen LogP contribution in [0.1, 0.15) is 17.9 Å². The van der Waals surface area contributed by atoms with E-state index in [1.807, 2.05) is 0 Å². The molecule has 1 N–H and O–H groups in total. The lowest BCUT2D eigenvalue weighted by molar-refractivity contribution is -0.140. The molecule has 0 aliphatic carbocycles. The van der Waals surface area contributed by atoms with E-state index in [1.165, 1.54) is 0 Å². The molecular formula is C10H11F3O. The molecule has 0 saturated carbocycles. The van der Waals surface area contributed by atoms with Gasteiger partial charge in [-0.3, -0.25) is 0 Å². The van der Waals surface area contributed by atoms with Gasteiger partial charge in [0, 0.05) is 5.92 Å². The Hall–Kier alpha value is -1.03. The number of aliphatic hydroxyl groups excluding tert-OH is 1. The van der Waals surface area contributed by atoms with Crippen molar-refractivity contribution in [1.82, 2.24) is 0 Å². The van der Waals surface area contributed by atoms with Gasteiger partial charge in [-0.15, -0.1) is 0 Å². The summed E-state index contributed by atoms with van der Waals surface area (Å²) in [5.41, 5.74) is 0.521. The number of hydrogen-bond acceptors (Lipinski definition) is 1. The van der Waals surface area contributed by atoms with Crippen molar-refractivity contribution in [2.24, 2.45) is 0 Å². The Bertz CT molecular complexity index is 268. The van der Waals surface area contributed by atoms with Gasteiger partial charge in [-0.25, -0.2) is 0 Å². The summed E-state index contributed by atoms with van der Waals surface area (Å²) < 4.78 is 36.2. The first-order valence-corrected chi connectivity index (χ1v) is 4.25. The third-order valence-corrected chi connectivity index (χ3v) is 1.97. The zero-order valence-corrected chi connectivity index (χ0v) is 7.46. The van der Waals surface area contributed by atoms with E-state index >= 15 is 0 Å². The molecule has 4 heteroatoms. The first-order valence-electron chi connectivity index (χ1n) is 4.25. The van der Waals surface area contributed by atoms with Gasteiger partial charge < -0.3 is 5.11 Å². The van der Waals surface area contributed by atoms with Crippen molar-refractivity contribution >= 4 is 0 Å². The standard InChI is InChI=1S/C10H11F3O/c11-10(12,13)6-9(7-14)8-4-2-1-3-5-8/h1-5,9,14H,6-7H2/t9-/m0/s1. The Morgan fingerprint density at radius 2 is 1.71 bits per heavy atom. The van der Waals surface area contributed by atoms with E-state index in [9.17, 15) is 13.2 Å². The van der Waals surface area contributed by atoms with E-state index in [1.54, 1.807) is 30.3 Å². The minimum atomic E-state index is -4.23. The summed E-state index contributed by atoms with van der Waals surface area (Å²) in [6.07, 6.45) is -5.21. The molecule has 1 rings (SSSR count). The largest absolute Gasteiger partial charge is 0.396 e. The molecule has 1 nitrogen and oxygen atoms in total. The minimum Gasteiger partial charge on any atom is -0.396 e. The van der Waals surface area contributed by atoms with Crippen molar-refractivity contribution < 1.29 is 18.3 Å². The fourth-order valence-corrected chi connectivity index (χ4v) is 1.29. The number of alkyl halides is 3. The summed E-state index contributed by atoms with van der Waals surface area (Å²) >= 11 is 0. The molecule has 1 aromatic carbocycles. The molecule has 14 heavy (non-hydrogen) atoms. The second-order valence-electron chi connectivity index (χ2n) is 3.11. The van der Waals surface area contributed by atoms with Crippen LogP contribution in [0.2, 0.25) is 0 Å². The van der Waals surface area contributed by atoms with Gasteiger partial charge in [0.1, 0.15) is 0 Å². The first kappa shape index (κ1) is 11.0. The molecule has 0 fully saturated rings. The van der Waals surface area contributed by atoms with Crippen molar-refractivity contribution in [3.8, 4) is 0 Å². The molecule has 1 atom stereocenters. The van der Waals surface area contributed by atoms with Crippen molar-refractivity contribution in [3.05, 3.63) is 35.9 Å². The van der Waals surface area contributed by atoms with Crippen LogP contribution in [0.25, 0.3) is 0 Å². The Kier molecular flexibility index (Phi) is 3.52. The van der Waals surface area contributed by atoms with Gasteiger partial charge in [0.05, 0.1) is 13.0 Å². The molecule has 0 unspecified atom stereocenters. The molecule has 0 saturated heterocycles. The average Bonchev–Trinajstić information content (AvgIpc) is 2.14. The van der Waals surface area contributed by atoms with Crippen LogP contribution < -0.4 is 0 Å². The molecule has 0 spiro atoms. The van der Waals surface area contributed by atoms with Gasteiger partial charge in [0.25, 0.3) is 0 Å². The lowest BCUT2D eigenvalue weighted by atomic mass is 9.96. The summed E-state index contributed by atoms with van der Waals surface area (Å²) in [5.74, 6) is -0.851. The van der Waals surface area contributed by atoms with E-state index < -0.39 is 25.1 Å². The highest BCUT2D eigenvalue weighted by Crippen LogP contribution is 2.30. The summed E-state index contributed by atoms with van der Waals surface area (Å²) in [6, 6.07) is 8.23. The molecule has 78 valence electrons. The quantitative estimate of drug-likeness (QED) is 0.802. The topological polar surface area (TPSA) is 20.2 Å². The monoisotopic (exact) mass is 204 g/mol. The average molecular weight is 204 g/mol. The fraction of sp³-hybridized carbons (Fsp3) is 0.400. The SMILES string of the molecule is OC[C@H](CC(F)(F)F)c1ccccc1. The van der Waals surface area contributed by atoms with Crippen LogP contribution in [0.3, 0.4) is 0 Å². The third-order valence-electron chi connectivity index (χ3n) is 1.97. The Morgan fingerprint density at radius 3 is 2.14 bits per heavy atom. The number of hydrogen-bond donors (Lipinski definition) is 1. The minimum absolute atomic E-state index is 0.483. The highest BCUT2D eigenvalue weighted by atomic mass is 19.4. The number of halogens is 3. The Labute approximate surface area is 80.2 Å². The van der Waals surface area contributed by atoms with E-state index in [0.717, 1.165) is 0 Å². The molecular weight excluding hydrogens is 193 g/mol. The number of benzene rings is 1. The van der Waals surface area contributed by atoms with Gasteiger partial charge >= 0.3 is 6.18 Å². The zero-order valence-electron chi connectivity index (χ0n) is 7.46. The van der Waals surface area contributed by atoms with Crippen molar-refractivity contribution in [2.75, 3.05) is 6.61 Å². The van der Waals surface area contributed by atoms with Crippen LogP contribution in [0.4, 0.5) is 13.2 Å². The number of rotatable bonds is 3. The molecule has 0 heterocycles. The maximum atomic E-state index is 12.1. The van der Waals surface area contributed by atoms with Crippen LogP contribution in [0, 0.1) is 0 Å². The second-order valence-corrected chi connectivity index (χ2v) is 3.11. The fourth-order valence-electron chi connectivity index (χ4n) is 1.29. The highest BCUT2D eigenvalue weighted by molar-refractivity contribution is 5.19. The van der Waals surface area contributed by atoms with Gasteiger partial charge in [-0.1, -0.05) is 30.3 Å². The Morgan fingerprint density at radius 1 is 1.14 bits per heavy atom. The molecule has 0 radical (unpaired) electrons. The van der Waals surface area contributed by atoms with E-state index in [2.05, 4.69) is 0 Å². The maximum absolute atomic E-state index is 12.1. The van der Waals surface area contributed by atoms with Crippen molar-refractivity contribution in [3.63, 3.8) is 0 Å². The predicted octanol–water partition coefficient (Wildman–Crippen LogP) is 2.71. The molecule has 0 aromatic heterocycles. The molecule has 0 aliphatic rings. The Balaban J connectivity index is 2.73. The number of aliphatic hydroxyl groups is 1. The lowest BCUT2D eigenvalue weighted by Crippen LogP contribution is -2.16. The van der Waals surface area contributed by atoms with E-state index in [4.69, 9.17) is 5.11 Å². The molecule has 0 aliphatic heterocycles. The second kappa shape index (κ2) is 4.46. The van der Waals surface area contributed by atoms with Gasteiger partial charge in [-0.05, 0) is 5.56 Å². The predicted molar refractivity (Wildman–Crippen MR) is 46.9 cm³/mol. The van der Waals surface area contributed by atoms with Crippen molar-refractivity contribution in [1.29, 1.82) is 0 Å². The summed E-state index contributed by atoms with van der Waals surface area (Å²) in [6.45, 7) is -0.483. The van der Waals surface area contributed by atoms with Crippen LogP contribution in [-0.2, 0) is 0 Å². The lowest BCUT2D eigenvalue weighted by Gasteiger charge is -2.16. The summed E-state index contributed by atoms with van der Waals surface area (Å²) in [4.78, 5) is 0. The summed E-state index contributed by atoms with van der Waals surface area (Å²) in [7, 11) is 0. The van der Waals surface area contributed by atoms with Crippen LogP contribution >= 0.6 is 0 Å². The smallest absolute Gasteiger partial charge is 0.389 e.